The van der Waals surface area contributed by atoms with Gasteiger partial charge in [-0.05, 0) is 0 Å². The van der Waals surface area contributed by atoms with Crippen molar-refractivity contribution in [3.05, 3.63) is 0 Å². The molecule has 0 aliphatic heterocycles. The second-order valence-electron chi connectivity index (χ2n) is 1.34. The SMILES string of the molecule is O.O=S(=O)(O)O.O=S(=O)(O)O.O=S(=O)(O)O.[Ca+2].[Ca+2].[H-].[H-].[H-].[H-]. The van der Waals surface area contributed by atoms with Crippen LogP contribution in [-0.2, 0) is 31.2 Å². The molecule has 0 rings (SSSR count). The third kappa shape index (κ3) is 1210. The Hall–Kier alpha value is 2.09. The molecule has 0 atom stereocenters. The van der Waals surface area contributed by atoms with Crippen molar-refractivity contribution in [3.8, 4) is 0 Å². The van der Waals surface area contributed by atoms with E-state index in [-0.39, 0.29) is 86.7 Å². The van der Waals surface area contributed by atoms with Crippen molar-refractivity contribution in [2.24, 2.45) is 0 Å². The van der Waals surface area contributed by atoms with Crippen molar-refractivity contribution in [3.63, 3.8) is 0 Å². The second kappa shape index (κ2) is 15.5. The van der Waals surface area contributed by atoms with E-state index < -0.39 is 31.2 Å². The van der Waals surface area contributed by atoms with Crippen LogP contribution < -0.4 is 0 Å². The van der Waals surface area contributed by atoms with Gasteiger partial charge >= 0.3 is 107 Å². The van der Waals surface area contributed by atoms with E-state index in [0.717, 1.165) is 0 Å². The van der Waals surface area contributed by atoms with Crippen LogP contribution >= 0.6 is 0 Å². The van der Waals surface area contributed by atoms with Crippen molar-refractivity contribution >= 4 is 107 Å². The zero-order chi connectivity index (χ0) is 13.5. The Bertz CT molecular complexity index is 356. The molecule has 0 aromatic rings. The van der Waals surface area contributed by atoms with Gasteiger partial charge in [-0.1, -0.05) is 0 Å². The second-order valence-corrected chi connectivity index (χ2v) is 4.03. The molecule has 0 spiro atoms. The zero-order valence-electron chi connectivity index (χ0n) is 12.3. The molecular formula is H12Ca2O13S3. The first-order valence-electron chi connectivity index (χ1n) is 2.10. The van der Waals surface area contributed by atoms with E-state index in [1.807, 2.05) is 0 Å². The molecule has 0 aliphatic carbocycles. The molecule has 0 saturated carbocycles. The molecule has 0 fully saturated rings. The minimum Gasteiger partial charge on any atom is -1.00 e. The molecule has 0 aromatic carbocycles. The first-order valence-corrected chi connectivity index (χ1v) is 6.29. The van der Waals surface area contributed by atoms with E-state index in [4.69, 9.17) is 52.6 Å². The summed E-state index contributed by atoms with van der Waals surface area (Å²) in [5.41, 5.74) is 0. The molecule has 18 heteroatoms. The normalized spacial score (nSPS) is 9.67. The molecule has 0 bridgehead atoms. The third-order valence-electron chi connectivity index (χ3n) is 0. The van der Waals surface area contributed by atoms with Gasteiger partial charge < -0.3 is 11.2 Å². The third-order valence-corrected chi connectivity index (χ3v) is 0. The van der Waals surface area contributed by atoms with Crippen LogP contribution in [0.1, 0.15) is 5.71 Å². The Morgan fingerprint density at radius 2 is 0.500 bits per heavy atom. The van der Waals surface area contributed by atoms with E-state index in [1.165, 1.54) is 0 Å². The van der Waals surface area contributed by atoms with Crippen LogP contribution in [0.25, 0.3) is 0 Å². The Morgan fingerprint density at radius 3 is 0.500 bits per heavy atom. The van der Waals surface area contributed by atoms with Crippen LogP contribution in [0, 0.1) is 0 Å². The maximum absolute atomic E-state index is 8.74. The first-order chi connectivity index (χ1) is 6.00. The van der Waals surface area contributed by atoms with Gasteiger partial charge in [0, 0.05) is 0 Å². The van der Waals surface area contributed by atoms with Crippen molar-refractivity contribution in [2.45, 2.75) is 0 Å². The van der Waals surface area contributed by atoms with Crippen LogP contribution in [0.3, 0.4) is 0 Å². The van der Waals surface area contributed by atoms with Gasteiger partial charge in [-0.15, -0.1) is 0 Å². The van der Waals surface area contributed by atoms with Gasteiger partial charge in [0.05, 0.1) is 0 Å². The van der Waals surface area contributed by atoms with Crippen LogP contribution in [0.2, 0.25) is 0 Å². The van der Waals surface area contributed by atoms with Crippen molar-refractivity contribution in [1.29, 1.82) is 0 Å². The minimum atomic E-state index is -4.67. The number of rotatable bonds is 0. The Labute approximate surface area is 168 Å². The summed E-state index contributed by atoms with van der Waals surface area (Å²) in [5.74, 6) is 0. The maximum atomic E-state index is 8.74. The summed E-state index contributed by atoms with van der Waals surface area (Å²) in [7, 11) is -14.0. The number of hydrogen-bond donors (Lipinski definition) is 6. The van der Waals surface area contributed by atoms with E-state index in [0.29, 0.717) is 0 Å². The number of hydrogen-bond acceptors (Lipinski definition) is 6. The van der Waals surface area contributed by atoms with Gasteiger partial charge in [0.2, 0.25) is 0 Å². The first kappa shape index (κ1) is 36.9. The minimum absolute atomic E-state index is 0. The molecule has 0 heterocycles. The smallest absolute Gasteiger partial charge is 1.00 e. The molecule has 0 aliphatic rings. The van der Waals surface area contributed by atoms with E-state index in [1.54, 1.807) is 0 Å². The maximum Gasteiger partial charge on any atom is 2.00 e. The van der Waals surface area contributed by atoms with Gasteiger partial charge in [0.25, 0.3) is 0 Å². The fraction of sp³-hybridized carbons (Fsp3) is 0. The fourth-order valence-corrected chi connectivity index (χ4v) is 0. The predicted octanol–water partition coefficient (Wildman–Crippen LogP) is -3.09. The summed E-state index contributed by atoms with van der Waals surface area (Å²) < 4.78 is 94.8. The molecule has 0 saturated heterocycles. The Balaban J connectivity index is -0.0000000106. The molecule has 8 N–H and O–H groups in total. The van der Waals surface area contributed by atoms with Crippen molar-refractivity contribution in [2.75, 3.05) is 0 Å². The summed E-state index contributed by atoms with van der Waals surface area (Å²) in [4.78, 5) is 0. The summed E-state index contributed by atoms with van der Waals surface area (Å²) in [6.07, 6.45) is 0. The van der Waals surface area contributed by atoms with Gasteiger partial charge in [-0.3, -0.25) is 27.3 Å². The predicted molar refractivity (Wildman–Crippen MR) is 62.1 cm³/mol. The largest absolute Gasteiger partial charge is 2.00 e. The molecule has 0 unspecified atom stereocenters. The summed E-state index contributed by atoms with van der Waals surface area (Å²) in [5, 5.41) is 0. The topological polar surface area (TPSA) is 255 Å². The van der Waals surface area contributed by atoms with Crippen LogP contribution in [0.4, 0.5) is 0 Å². The summed E-state index contributed by atoms with van der Waals surface area (Å²) in [6, 6.07) is 0. The van der Waals surface area contributed by atoms with E-state index in [2.05, 4.69) is 0 Å². The van der Waals surface area contributed by atoms with Crippen LogP contribution in [-0.4, -0.2) is 134 Å². The van der Waals surface area contributed by atoms with Crippen LogP contribution in [0.5, 0.6) is 0 Å². The average Bonchev–Trinajstić information content (AvgIpc) is 1.41. The molecule has 0 amide bonds. The monoisotopic (exact) mass is 396 g/mol. The molecular weight excluding hydrogens is 384 g/mol. The molecule has 13 nitrogen and oxygen atoms in total. The van der Waals surface area contributed by atoms with Gasteiger partial charge in [0.1, 0.15) is 0 Å². The van der Waals surface area contributed by atoms with E-state index in [9.17, 15) is 0 Å². The molecule has 0 aromatic heterocycles. The quantitative estimate of drug-likeness (QED) is 0.176. The van der Waals surface area contributed by atoms with Gasteiger partial charge in [0.15, 0.2) is 0 Å². The Morgan fingerprint density at radius 1 is 0.500 bits per heavy atom. The van der Waals surface area contributed by atoms with Crippen molar-refractivity contribution < 1.29 is 63.8 Å². The summed E-state index contributed by atoms with van der Waals surface area (Å²) >= 11 is 0. The fourth-order valence-electron chi connectivity index (χ4n) is 0. The van der Waals surface area contributed by atoms with Crippen molar-refractivity contribution in [1.82, 2.24) is 0 Å². The zero-order valence-corrected chi connectivity index (χ0v) is 15.1. The van der Waals surface area contributed by atoms with Crippen LogP contribution in [0.15, 0.2) is 0 Å². The average molecular weight is 396 g/mol. The van der Waals surface area contributed by atoms with Gasteiger partial charge in [-0.25, -0.2) is 0 Å². The van der Waals surface area contributed by atoms with E-state index >= 15 is 0 Å². The molecule has 0 radical (unpaired) electrons. The molecule has 18 heavy (non-hydrogen) atoms. The van der Waals surface area contributed by atoms with Gasteiger partial charge in [-0.2, -0.15) is 25.3 Å². The summed E-state index contributed by atoms with van der Waals surface area (Å²) in [6.45, 7) is 0. The standard InChI is InChI=1S/2Ca.3H2O4S.H2O.4H/c;;3*1-5(2,3)4;;;;;/h;;3*(H2,1,2,3,4);1H2;;;;/q2*+2;;;;;4*-1. The Kier molecular flexibility index (Phi) is 31.7. The molecule has 112 valence electrons.